The number of hydrogen-bond acceptors (Lipinski definition) is 4. The average Bonchev–Trinajstić information content (AvgIpc) is 3.35. The number of aromatic nitrogens is 5. The Bertz CT molecular complexity index is 952. The molecule has 1 saturated carbocycles. The predicted molar refractivity (Wildman–Crippen MR) is 101 cm³/mol. The summed E-state index contributed by atoms with van der Waals surface area (Å²) < 4.78 is 4.21. The first kappa shape index (κ1) is 16.5. The normalized spacial score (nSPS) is 25.3. The van der Waals surface area contributed by atoms with Crippen molar-refractivity contribution in [1.82, 2.24) is 29.6 Å². The molecule has 3 aromatic rings. The van der Waals surface area contributed by atoms with Gasteiger partial charge in [-0.1, -0.05) is 0 Å². The molecule has 1 amide bonds. The van der Waals surface area contributed by atoms with Crippen molar-refractivity contribution < 1.29 is 4.79 Å². The summed E-state index contributed by atoms with van der Waals surface area (Å²) in [6.45, 7) is 0.786. The molecule has 7 nitrogen and oxygen atoms in total. The van der Waals surface area contributed by atoms with E-state index in [1.54, 1.807) is 6.33 Å². The zero-order valence-electron chi connectivity index (χ0n) is 15.3. The zero-order chi connectivity index (χ0) is 18.2. The fraction of sp³-hybridized carbons (Fsp3) is 0.500. The number of fused-ring (bicyclic) bond motifs is 2. The third kappa shape index (κ3) is 3.11. The van der Waals surface area contributed by atoms with E-state index in [1.807, 2.05) is 16.9 Å². The molecular formula is C20H24N6O. The first-order chi connectivity index (χ1) is 13.3. The lowest BCUT2D eigenvalue weighted by atomic mass is 9.89. The molecule has 7 heteroatoms. The standard InChI is InChI=1S/C20H24N6O/c27-20(15-8-11-26-18(12-15)22-13-23-26)24-16-3-5-17(6-4-16)25-10-7-14-2-1-9-21-19(14)25/h1-2,7,9-10,13,15-17H,3-6,8,11-12H2,(H,24,27). The van der Waals surface area contributed by atoms with Crippen LogP contribution >= 0.6 is 0 Å². The smallest absolute Gasteiger partial charge is 0.223 e. The number of carbonyl (C=O) groups is 1. The van der Waals surface area contributed by atoms with Crippen molar-refractivity contribution in [2.45, 2.75) is 57.2 Å². The summed E-state index contributed by atoms with van der Waals surface area (Å²) in [5.74, 6) is 1.13. The lowest BCUT2D eigenvalue weighted by Crippen LogP contribution is -2.43. The molecule has 3 aromatic heterocycles. The fourth-order valence-electron chi connectivity index (χ4n) is 4.56. The van der Waals surface area contributed by atoms with Crippen molar-refractivity contribution >= 4 is 16.9 Å². The van der Waals surface area contributed by atoms with E-state index in [0.717, 1.165) is 50.1 Å². The van der Waals surface area contributed by atoms with Crippen molar-refractivity contribution in [3.8, 4) is 0 Å². The maximum absolute atomic E-state index is 12.7. The maximum atomic E-state index is 12.7. The molecule has 4 heterocycles. The summed E-state index contributed by atoms with van der Waals surface area (Å²) in [6, 6.07) is 6.97. The van der Waals surface area contributed by atoms with Gasteiger partial charge in [0.15, 0.2) is 0 Å². The second-order valence-electron chi connectivity index (χ2n) is 7.74. The van der Waals surface area contributed by atoms with Crippen LogP contribution in [0.4, 0.5) is 0 Å². The molecule has 140 valence electrons. The number of nitrogens with zero attached hydrogens (tertiary/aromatic N) is 5. The monoisotopic (exact) mass is 364 g/mol. The van der Waals surface area contributed by atoms with Gasteiger partial charge in [0.1, 0.15) is 17.8 Å². The van der Waals surface area contributed by atoms with Crippen LogP contribution in [0.2, 0.25) is 0 Å². The van der Waals surface area contributed by atoms with Gasteiger partial charge >= 0.3 is 0 Å². The van der Waals surface area contributed by atoms with Crippen LogP contribution < -0.4 is 5.32 Å². The summed E-state index contributed by atoms with van der Waals surface area (Å²) in [5, 5.41) is 8.67. The van der Waals surface area contributed by atoms with Crippen LogP contribution in [0, 0.1) is 5.92 Å². The Morgan fingerprint density at radius 1 is 1.11 bits per heavy atom. The highest BCUT2D eigenvalue weighted by atomic mass is 16.1. The number of rotatable bonds is 3. The molecule has 1 aliphatic heterocycles. The lowest BCUT2D eigenvalue weighted by Gasteiger charge is -2.31. The Kier molecular flexibility index (Phi) is 4.14. The molecule has 1 atom stereocenters. The van der Waals surface area contributed by atoms with Crippen LogP contribution in [-0.2, 0) is 17.8 Å². The molecule has 0 radical (unpaired) electrons. The van der Waals surface area contributed by atoms with Gasteiger partial charge in [-0.25, -0.2) is 9.97 Å². The van der Waals surface area contributed by atoms with Crippen molar-refractivity contribution in [2.24, 2.45) is 5.92 Å². The topological polar surface area (TPSA) is 77.6 Å². The molecular weight excluding hydrogens is 340 g/mol. The van der Waals surface area contributed by atoms with Gasteiger partial charge in [-0.05, 0) is 50.3 Å². The molecule has 1 fully saturated rings. The molecule has 1 aliphatic carbocycles. The van der Waals surface area contributed by atoms with Gasteiger partial charge in [0.2, 0.25) is 5.91 Å². The highest BCUT2D eigenvalue weighted by Gasteiger charge is 2.29. The Balaban J connectivity index is 1.18. The van der Waals surface area contributed by atoms with Gasteiger partial charge in [0.05, 0.1) is 0 Å². The minimum Gasteiger partial charge on any atom is -0.353 e. The summed E-state index contributed by atoms with van der Waals surface area (Å²) in [5.41, 5.74) is 1.07. The number of aryl methyl sites for hydroxylation is 1. The summed E-state index contributed by atoms with van der Waals surface area (Å²) in [7, 11) is 0. The summed E-state index contributed by atoms with van der Waals surface area (Å²) in [6.07, 6.45) is 11.3. The van der Waals surface area contributed by atoms with Crippen molar-refractivity contribution in [3.05, 3.63) is 42.7 Å². The van der Waals surface area contributed by atoms with Gasteiger partial charge in [-0.15, -0.1) is 0 Å². The summed E-state index contributed by atoms with van der Waals surface area (Å²) in [4.78, 5) is 21.5. The van der Waals surface area contributed by atoms with Crippen LogP contribution in [0.5, 0.6) is 0 Å². The molecule has 5 rings (SSSR count). The first-order valence-corrected chi connectivity index (χ1v) is 9.86. The minimum absolute atomic E-state index is 0.0250. The molecule has 0 aromatic carbocycles. The van der Waals surface area contributed by atoms with Gasteiger partial charge in [-0.3, -0.25) is 9.48 Å². The fourth-order valence-corrected chi connectivity index (χ4v) is 4.56. The third-order valence-electron chi connectivity index (χ3n) is 6.10. The van der Waals surface area contributed by atoms with E-state index in [9.17, 15) is 4.79 Å². The van der Waals surface area contributed by atoms with E-state index >= 15 is 0 Å². The molecule has 2 aliphatic rings. The Morgan fingerprint density at radius 3 is 2.89 bits per heavy atom. The van der Waals surface area contributed by atoms with Crippen molar-refractivity contribution in [3.63, 3.8) is 0 Å². The molecule has 0 saturated heterocycles. The van der Waals surface area contributed by atoms with Crippen LogP contribution in [0.3, 0.4) is 0 Å². The molecule has 27 heavy (non-hydrogen) atoms. The number of hydrogen-bond donors (Lipinski definition) is 1. The van der Waals surface area contributed by atoms with E-state index in [4.69, 9.17) is 0 Å². The van der Waals surface area contributed by atoms with E-state index in [0.29, 0.717) is 12.5 Å². The van der Waals surface area contributed by atoms with Gasteiger partial charge in [0.25, 0.3) is 0 Å². The number of amides is 1. The van der Waals surface area contributed by atoms with E-state index < -0.39 is 0 Å². The third-order valence-corrected chi connectivity index (χ3v) is 6.10. The second-order valence-corrected chi connectivity index (χ2v) is 7.74. The maximum Gasteiger partial charge on any atom is 0.223 e. The lowest BCUT2D eigenvalue weighted by molar-refractivity contribution is -0.126. The van der Waals surface area contributed by atoms with Gasteiger partial charge in [-0.2, -0.15) is 5.10 Å². The molecule has 1 N–H and O–H groups in total. The highest BCUT2D eigenvalue weighted by Crippen LogP contribution is 2.31. The second kappa shape index (κ2) is 6.79. The number of carbonyl (C=O) groups excluding carboxylic acids is 1. The van der Waals surface area contributed by atoms with Crippen molar-refractivity contribution in [1.29, 1.82) is 0 Å². The van der Waals surface area contributed by atoms with E-state index in [2.05, 4.69) is 43.3 Å². The predicted octanol–water partition coefficient (Wildman–Crippen LogP) is 2.49. The Morgan fingerprint density at radius 2 is 2.00 bits per heavy atom. The quantitative estimate of drug-likeness (QED) is 0.774. The van der Waals surface area contributed by atoms with Crippen LogP contribution in [0.1, 0.15) is 44.0 Å². The molecule has 1 unspecified atom stereocenters. The molecule has 0 spiro atoms. The van der Waals surface area contributed by atoms with E-state index in [-0.39, 0.29) is 17.9 Å². The Labute approximate surface area is 157 Å². The van der Waals surface area contributed by atoms with Gasteiger partial charge < -0.3 is 9.88 Å². The largest absolute Gasteiger partial charge is 0.353 e. The number of pyridine rings is 1. The number of nitrogens with one attached hydrogen (secondary N) is 1. The first-order valence-electron chi connectivity index (χ1n) is 9.86. The Hall–Kier alpha value is -2.70. The molecule has 0 bridgehead atoms. The van der Waals surface area contributed by atoms with Crippen molar-refractivity contribution in [2.75, 3.05) is 0 Å². The SMILES string of the molecule is O=C(NC1CCC(n2ccc3cccnc32)CC1)C1CCn2ncnc2C1. The highest BCUT2D eigenvalue weighted by molar-refractivity contribution is 5.79. The van der Waals surface area contributed by atoms with Gasteiger partial charge in [0, 0.05) is 48.7 Å². The van der Waals surface area contributed by atoms with Crippen LogP contribution in [0.15, 0.2) is 36.9 Å². The van der Waals surface area contributed by atoms with E-state index in [1.165, 1.54) is 5.39 Å². The van der Waals surface area contributed by atoms with Crippen LogP contribution in [-0.4, -0.2) is 36.3 Å². The van der Waals surface area contributed by atoms with Crippen LogP contribution in [0.25, 0.3) is 11.0 Å². The minimum atomic E-state index is 0.0250. The zero-order valence-corrected chi connectivity index (χ0v) is 15.3. The average molecular weight is 364 g/mol. The summed E-state index contributed by atoms with van der Waals surface area (Å²) >= 11 is 0.